The molecular weight excluding hydrogens is 621 g/mol. The van der Waals surface area contributed by atoms with Crippen LogP contribution < -0.4 is 17.4 Å². The highest BCUT2D eigenvalue weighted by atomic mass is 15.0. The maximum Gasteiger partial charge on any atom is 0.0824 e. The average molecular weight is 675 g/mol. The number of terminal acetylenes is 1. The van der Waals surface area contributed by atoms with E-state index in [1.54, 1.807) is 12.2 Å². The van der Waals surface area contributed by atoms with Crippen LogP contribution in [0.15, 0.2) is 145 Å². The van der Waals surface area contributed by atoms with Gasteiger partial charge in [-0.2, -0.15) is 0 Å². The number of rotatable bonds is 2. The third kappa shape index (κ3) is 9.15. The second-order valence-corrected chi connectivity index (χ2v) is 11.4. The molecule has 1 heterocycles. The molecule has 0 saturated heterocycles. The summed E-state index contributed by atoms with van der Waals surface area (Å²) < 4.78 is 2.47. The van der Waals surface area contributed by atoms with Crippen molar-refractivity contribution in [3.8, 4) is 29.2 Å². The Kier molecular flexibility index (Phi) is 16.3. The molecule has 0 unspecified atom stereocenters. The standard InChI is InChI=1S/C30H21N.C7H9N.C6H8.2C2H6.H4N2/c1-19-14-16-21(17-15-19)31-27-13-7-6-12-25(27)29-28-22-9-3-2-8-20(22)18-26(28)23-10-4-5-11-24(23)30(29)31;1-3-5-6-7(8)4-2;1-2-4-6-5-3-1;3*1-2/h2-17H,18H2,1H3;2-3,5-6H,8H2,1H3;1-4H,5-6H2;2*1-2H3;1-2H2/b;5-3-,7-6+;;;;. The lowest BCUT2D eigenvalue weighted by Crippen LogP contribution is -2.02. The van der Waals surface area contributed by atoms with Crippen LogP contribution in [0.4, 0.5) is 0 Å². The van der Waals surface area contributed by atoms with Gasteiger partial charge in [0, 0.05) is 21.8 Å². The van der Waals surface area contributed by atoms with Crippen LogP contribution in [0.3, 0.4) is 0 Å². The summed E-state index contributed by atoms with van der Waals surface area (Å²) in [4.78, 5) is 0. The Morgan fingerprint density at radius 2 is 1.31 bits per heavy atom. The molecule has 6 N–H and O–H groups in total. The van der Waals surface area contributed by atoms with Crippen molar-refractivity contribution in [1.82, 2.24) is 4.57 Å². The first-order valence-corrected chi connectivity index (χ1v) is 17.9. The minimum atomic E-state index is 0.461. The van der Waals surface area contributed by atoms with Crippen LogP contribution in [-0.2, 0) is 6.42 Å². The fraction of sp³-hybridized carbons (Fsp3) is 0.191. The molecule has 0 aliphatic heterocycles. The van der Waals surface area contributed by atoms with Crippen LogP contribution in [0.5, 0.6) is 0 Å². The summed E-state index contributed by atoms with van der Waals surface area (Å²) in [5.41, 5.74) is 16.5. The summed E-state index contributed by atoms with van der Waals surface area (Å²) in [5.74, 6) is 10.3. The van der Waals surface area contributed by atoms with Crippen molar-refractivity contribution in [3.63, 3.8) is 0 Å². The highest BCUT2D eigenvalue weighted by molar-refractivity contribution is 6.26. The third-order valence-corrected chi connectivity index (χ3v) is 8.40. The lowest BCUT2D eigenvalue weighted by molar-refractivity contribution is 1.04. The van der Waals surface area contributed by atoms with E-state index in [0.29, 0.717) is 5.70 Å². The largest absolute Gasteiger partial charge is 0.392 e. The molecule has 2 aliphatic carbocycles. The van der Waals surface area contributed by atoms with E-state index in [-0.39, 0.29) is 0 Å². The number of benzene rings is 5. The van der Waals surface area contributed by atoms with Crippen molar-refractivity contribution in [1.29, 1.82) is 0 Å². The Morgan fingerprint density at radius 3 is 1.90 bits per heavy atom. The maximum atomic E-state index is 5.23. The summed E-state index contributed by atoms with van der Waals surface area (Å²) in [6, 6.07) is 35.7. The first-order chi connectivity index (χ1) is 25.1. The number of aryl methyl sites for hydroxylation is 1. The SMILES string of the molecule is C#C/C(N)=C\C=C/C.C1=CCCC=C1.CC.CC.Cc1ccc(-n2c3ccccc3c3c4c(c5ccccc5c32)Cc2ccccc2-4)cc1.NN. The minimum Gasteiger partial charge on any atom is -0.392 e. The summed E-state index contributed by atoms with van der Waals surface area (Å²) in [5, 5.41) is 5.42. The van der Waals surface area contributed by atoms with Gasteiger partial charge in [-0.15, -0.1) is 6.42 Å². The van der Waals surface area contributed by atoms with Crippen molar-refractivity contribution in [2.24, 2.45) is 17.4 Å². The van der Waals surface area contributed by atoms with E-state index in [1.807, 2.05) is 40.7 Å². The Balaban J connectivity index is 0.000000292. The number of hydrogen-bond acceptors (Lipinski definition) is 3. The van der Waals surface area contributed by atoms with Gasteiger partial charge in [-0.05, 0) is 85.0 Å². The number of nitrogens with two attached hydrogens (primary N) is 3. The van der Waals surface area contributed by atoms with Crippen LogP contribution >= 0.6 is 0 Å². The molecule has 262 valence electrons. The first kappa shape index (κ1) is 39.8. The first-order valence-electron chi connectivity index (χ1n) is 17.9. The number of hydrogen-bond donors (Lipinski definition) is 3. The molecule has 5 aromatic carbocycles. The molecule has 0 fully saturated rings. The number of nitrogens with zero attached hydrogens (tertiary/aromatic N) is 1. The molecule has 4 heteroatoms. The van der Waals surface area contributed by atoms with Gasteiger partial charge < -0.3 is 10.3 Å². The molecule has 2 aliphatic rings. The van der Waals surface area contributed by atoms with Crippen molar-refractivity contribution < 1.29 is 0 Å². The van der Waals surface area contributed by atoms with Crippen molar-refractivity contribution in [2.75, 3.05) is 0 Å². The van der Waals surface area contributed by atoms with Crippen molar-refractivity contribution in [2.45, 2.75) is 60.8 Å². The monoisotopic (exact) mass is 674 g/mol. The highest BCUT2D eigenvalue weighted by Gasteiger charge is 2.27. The Hall–Kier alpha value is -5.60. The smallest absolute Gasteiger partial charge is 0.0824 e. The Morgan fingerprint density at radius 1 is 0.745 bits per heavy atom. The Labute approximate surface area is 305 Å². The lowest BCUT2D eigenvalue weighted by atomic mass is 9.93. The molecule has 0 bridgehead atoms. The van der Waals surface area contributed by atoms with Gasteiger partial charge in [-0.25, -0.2) is 0 Å². The van der Waals surface area contributed by atoms with Gasteiger partial charge in [0.1, 0.15) is 0 Å². The number of hydrazine groups is 1. The second-order valence-electron chi connectivity index (χ2n) is 11.4. The predicted molar refractivity (Wildman–Crippen MR) is 226 cm³/mol. The van der Waals surface area contributed by atoms with Gasteiger partial charge in [0.15, 0.2) is 0 Å². The minimum absolute atomic E-state index is 0.461. The predicted octanol–water partition coefficient (Wildman–Crippen LogP) is 11.6. The lowest BCUT2D eigenvalue weighted by Gasteiger charge is -2.13. The Bertz CT molecular complexity index is 2160. The number of fused-ring (bicyclic) bond motifs is 10. The van der Waals surface area contributed by atoms with Crippen LogP contribution in [0.25, 0.3) is 49.4 Å². The molecule has 0 spiro atoms. The van der Waals surface area contributed by atoms with E-state index in [2.05, 4.69) is 150 Å². The van der Waals surface area contributed by atoms with Gasteiger partial charge in [-0.3, -0.25) is 11.7 Å². The molecule has 0 saturated carbocycles. The number of allylic oxidation sites excluding steroid dienone is 8. The summed E-state index contributed by atoms with van der Waals surface area (Å²) in [7, 11) is 0. The van der Waals surface area contributed by atoms with Gasteiger partial charge in [0.25, 0.3) is 0 Å². The zero-order chi connectivity index (χ0) is 37.2. The van der Waals surface area contributed by atoms with E-state index in [0.717, 1.165) is 6.42 Å². The van der Waals surface area contributed by atoms with Crippen LogP contribution in [0, 0.1) is 19.3 Å². The molecule has 0 atom stereocenters. The molecular formula is C47H54N4. The van der Waals surface area contributed by atoms with E-state index in [9.17, 15) is 0 Å². The van der Waals surface area contributed by atoms with Crippen molar-refractivity contribution in [3.05, 3.63) is 162 Å². The summed E-state index contributed by atoms with van der Waals surface area (Å²) >= 11 is 0. The molecule has 0 amide bonds. The highest BCUT2D eigenvalue weighted by Crippen LogP contribution is 2.49. The normalized spacial score (nSPS) is 12.0. The van der Waals surface area contributed by atoms with Crippen LogP contribution in [-0.4, -0.2) is 4.57 Å². The van der Waals surface area contributed by atoms with Crippen LogP contribution in [0.1, 0.15) is 64.2 Å². The maximum absolute atomic E-state index is 5.23. The summed E-state index contributed by atoms with van der Waals surface area (Å²) in [6.45, 7) is 12.1. The van der Waals surface area contributed by atoms with Gasteiger partial charge in [-0.1, -0.05) is 154 Å². The number of aromatic nitrogens is 1. The van der Waals surface area contributed by atoms with E-state index >= 15 is 0 Å². The molecule has 4 nitrogen and oxygen atoms in total. The zero-order valence-electron chi connectivity index (χ0n) is 31.2. The molecule has 6 aromatic rings. The van der Waals surface area contributed by atoms with E-state index < -0.39 is 0 Å². The van der Waals surface area contributed by atoms with Gasteiger partial charge >= 0.3 is 0 Å². The van der Waals surface area contributed by atoms with Crippen LogP contribution in [0.2, 0.25) is 0 Å². The van der Waals surface area contributed by atoms with Crippen molar-refractivity contribution >= 4 is 32.6 Å². The van der Waals surface area contributed by atoms with E-state index in [4.69, 9.17) is 12.2 Å². The molecule has 8 rings (SSSR count). The molecule has 1 aromatic heterocycles. The fourth-order valence-electron chi connectivity index (χ4n) is 6.33. The molecule has 51 heavy (non-hydrogen) atoms. The average Bonchev–Trinajstić information content (AvgIpc) is 3.78. The fourth-order valence-corrected chi connectivity index (χ4v) is 6.33. The zero-order valence-corrected chi connectivity index (χ0v) is 31.2. The summed E-state index contributed by atoms with van der Waals surface area (Å²) in [6.07, 6.45) is 22.3. The second kappa shape index (κ2) is 20.8. The van der Waals surface area contributed by atoms with Gasteiger partial charge in [0.05, 0.1) is 16.7 Å². The topological polar surface area (TPSA) is 83.0 Å². The van der Waals surface area contributed by atoms with E-state index in [1.165, 1.54) is 78.9 Å². The quantitative estimate of drug-likeness (QED) is 0.0738. The number of para-hydroxylation sites is 1. The third-order valence-electron chi connectivity index (χ3n) is 8.40. The molecule has 0 radical (unpaired) electrons. The van der Waals surface area contributed by atoms with Gasteiger partial charge in [0.2, 0.25) is 0 Å².